The molecule has 1 heterocycles. The molecular formula is C28H32N+. The summed E-state index contributed by atoms with van der Waals surface area (Å²) >= 11 is 0. The number of fused-ring (bicyclic) bond motifs is 2. The Labute approximate surface area is 175 Å². The van der Waals surface area contributed by atoms with Crippen molar-refractivity contribution in [3.05, 3.63) is 78.5 Å². The zero-order valence-electron chi connectivity index (χ0n) is 18.2. The van der Waals surface area contributed by atoms with Gasteiger partial charge in [0.15, 0.2) is 6.20 Å². The monoisotopic (exact) mass is 382 g/mol. The lowest BCUT2D eigenvalue weighted by molar-refractivity contribution is -0.685. The average molecular weight is 383 g/mol. The highest BCUT2D eigenvalue weighted by Gasteiger charge is 2.30. The molecule has 0 unspecified atom stereocenters. The molecule has 0 saturated carbocycles. The van der Waals surface area contributed by atoms with Gasteiger partial charge in [-0.1, -0.05) is 70.2 Å². The molecule has 3 aromatic carbocycles. The summed E-state index contributed by atoms with van der Waals surface area (Å²) in [5.41, 5.74) is 4.38. The first-order valence-corrected chi connectivity index (χ1v) is 11.1. The van der Waals surface area contributed by atoms with E-state index in [2.05, 4.69) is 105 Å². The molecule has 29 heavy (non-hydrogen) atoms. The van der Waals surface area contributed by atoms with E-state index in [0.717, 1.165) is 25.8 Å². The molecule has 0 radical (unpaired) electrons. The van der Waals surface area contributed by atoms with Crippen molar-refractivity contribution in [1.29, 1.82) is 0 Å². The standard InChI is InChI=1S/C28H32N/c1-5-17-29-18-16-21-12-10-11-15-24(21)27(29)25-19-22-13-8-9-14-23(22)20-26(25)28(4,6-2)7-3/h8-16,18-20H,5-7,17H2,1-4H3/q+1. The second-order valence-corrected chi connectivity index (χ2v) is 8.46. The van der Waals surface area contributed by atoms with Crippen LogP contribution in [0, 0.1) is 0 Å². The fraction of sp³-hybridized carbons (Fsp3) is 0.321. The third kappa shape index (κ3) is 3.44. The SMILES string of the molecule is CCC[n+]1ccc2ccccc2c1-c1cc2ccccc2cc1C(C)(CC)CC. The lowest BCUT2D eigenvalue weighted by Gasteiger charge is -2.30. The summed E-state index contributed by atoms with van der Waals surface area (Å²) in [6.07, 6.45) is 5.66. The summed E-state index contributed by atoms with van der Waals surface area (Å²) in [5.74, 6) is 0. The van der Waals surface area contributed by atoms with Crippen LogP contribution in [0.25, 0.3) is 32.8 Å². The van der Waals surface area contributed by atoms with E-state index in [1.807, 2.05) is 0 Å². The topological polar surface area (TPSA) is 3.88 Å². The van der Waals surface area contributed by atoms with Gasteiger partial charge in [0, 0.05) is 12.5 Å². The minimum Gasteiger partial charge on any atom is -0.198 e. The Morgan fingerprint density at radius 1 is 0.759 bits per heavy atom. The Morgan fingerprint density at radius 3 is 2.03 bits per heavy atom. The molecule has 0 amide bonds. The van der Waals surface area contributed by atoms with Crippen molar-refractivity contribution in [2.24, 2.45) is 0 Å². The van der Waals surface area contributed by atoms with E-state index in [1.54, 1.807) is 0 Å². The Morgan fingerprint density at radius 2 is 1.38 bits per heavy atom. The molecule has 1 aromatic heterocycles. The van der Waals surface area contributed by atoms with Crippen molar-refractivity contribution >= 4 is 21.5 Å². The molecule has 0 fully saturated rings. The van der Waals surface area contributed by atoms with E-state index in [-0.39, 0.29) is 5.41 Å². The second kappa shape index (κ2) is 7.99. The molecule has 0 saturated heterocycles. The van der Waals surface area contributed by atoms with Crippen LogP contribution in [0.5, 0.6) is 0 Å². The van der Waals surface area contributed by atoms with Crippen LogP contribution in [0.2, 0.25) is 0 Å². The first kappa shape index (κ1) is 19.6. The van der Waals surface area contributed by atoms with E-state index < -0.39 is 0 Å². The molecule has 0 spiro atoms. The summed E-state index contributed by atoms with van der Waals surface area (Å²) < 4.78 is 2.46. The first-order valence-electron chi connectivity index (χ1n) is 11.1. The highest BCUT2D eigenvalue weighted by atomic mass is 15.0. The van der Waals surface area contributed by atoms with Crippen LogP contribution in [0.1, 0.15) is 52.5 Å². The van der Waals surface area contributed by atoms with Crippen molar-refractivity contribution in [2.75, 3.05) is 0 Å². The van der Waals surface area contributed by atoms with Crippen molar-refractivity contribution in [2.45, 2.75) is 58.9 Å². The number of rotatable bonds is 6. The summed E-state index contributed by atoms with van der Waals surface area (Å²) in [6.45, 7) is 10.4. The van der Waals surface area contributed by atoms with Gasteiger partial charge in [0.1, 0.15) is 6.54 Å². The number of aryl methyl sites for hydroxylation is 1. The Hall–Kier alpha value is -2.67. The highest BCUT2D eigenvalue weighted by Crippen LogP contribution is 2.41. The van der Waals surface area contributed by atoms with Crippen molar-refractivity contribution < 1.29 is 4.57 Å². The van der Waals surface area contributed by atoms with Crippen molar-refractivity contribution in [3.63, 3.8) is 0 Å². The molecule has 4 aromatic rings. The number of benzene rings is 3. The van der Waals surface area contributed by atoms with Gasteiger partial charge in [-0.3, -0.25) is 0 Å². The predicted octanol–water partition coefficient (Wildman–Crippen LogP) is 7.44. The molecule has 1 heteroatoms. The minimum atomic E-state index is 0.153. The van der Waals surface area contributed by atoms with Crippen LogP contribution >= 0.6 is 0 Å². The van der Waals surface area contributed by atoms with Crippen LogP contribution in [0.3, 0.4) is 0 Å². The molecule has 0 aliphatic rings. The van der Waals surface area contributed by atoms with Gasteiger partial charge in [-0.2, -0.15) is 4.57 Å². The van der Waals surface area contributed by atoms with Gasteiger partial charge >= 0.3 is 0 Å². The van der Waals surface area contributed by atoms with Gasteiger partial charge in [0.25, 0.3) is 0 Å². The van der Waals surface area contributed by atoms with E-state index in [9.17, 15) is 0 Å². The highest BCUT2D eigenvalue weighted by molar-refractivity contribution is 5.97. The summed E-state index contributed by atoms with van der Waals surface area (Å²) in [4.78, 5) is 0. The minimum absolute atomic E-state index is 0.153. The van der Waals surface area contributed by atoms with Crippen molar-refractivity contribution in [1.82, 2.24) is 0 Å². The zero-order valence-corrected chi connectivity index (χ0v) is 18.2. The first-order chi connectivity index (χ1) is 14.1. The smallest absolute Gasteiger partial charge is 0.198 e. The third-order valence-electron chi connectivity index (χ3n) is 6.75. The molecule has 148 valence electrons. The van der Waals surface area contributed by atoms with Gasteiger partial charge < -0.3 is 0 Å². The van der Waals surface area contributed by atoms with Gasteiger partial charge in [-0.25, -0.2) is 0 Å². The lowest BCUT2D eigenvalue weighted by Crippen LogP contribution is -2.36. The Kier molecular flexibility index (Phi) is 5.41. The maximum absolute atomic E-state index is 2.46. The number of aromatic nitrogens is 1. The van der Waals surface area contributed by atoms with Crippen molar-refractivity contribution in [3.8, 4) is 11.3 Å². The fourth-order valence-electron chi connectivity index (χ4n) is 4.55. The van der Waals surface area contributed by atoms with Crippen LogP contribution in [0.15, 0.2) is 72.9 Å². The maximum atomic E-state index is 2.46. The van der Waals surface area contributed by atoms with Gasteiger partial charge in [0.05, 0.1) is 10.9 Å². The molecule has 0 aliphatic heterocycles. The lowest BCUT2D eigenvalue weighted by atomic mass is 9.74. The number of nitrogens with zero attached hydrogens (tertiary/aromatic N) is 1. The Bertz CT molecular complexity index is 1150. The summed E-state index contributed by atoms with van der Waals surface area (Å²) in [5, 5.41) is 5.30. The zero-order chi connectivity index (χ0) is 20.4. The maximum Gasteiger partial charge on any atom is 0.220 e. The molecule has 0 bridgehead atoms. The van der Waals surface area contributed by atoms with Crippen LogP contribution < -0.4 is 4.57 Å². The average Bonchev–Trinajstić information content (AvgIpc) is 2.77. The van der Waals surface area contributed by atoms with E-state index >= 15 is 0 Å². The molecular weight excluding hydrogens is 350 g/mol. The fourth-order valence-corrected chi connectivity index (χ4v) is 4.55. The van der Waals surface area contributed by atoms with E-state index in [4.69, 9.17) is 0 Å². The summed E-state index contributed by atoms with van der Waals surface area (Å²) in [6, 6.07) is 24.8. The largest absolute Gasteiger partial charge is 0.220 e. The quantitative estimate of drug-likeness (QED) is 0.305. The molecule has 0 aliphatic carbocycles. The number of pyridine rings is 1. The van der Waals surface area contributed by atoms with Gasteiger partial charge in [-0.05, 0) is 58.2 Å². The third-order valence-corrected chi connectivity index (χ3v) is 6.75. The second-order valence-electron chi connectivity index (χ2n) is 8.46. The van der Waals surface area contributed by atoms with Gasteiger partial charge in [-0.15, -0.1) is 0 Å². The summed E-state index contributed by atoms with van der Waals surface area (Å²) in [7, 11) is 0. The molecule has 0 N–H and O–H groups in total. The van der Waals surface area contributed by atoms with Crippen LogP contribution in [-0.4, -0.2) is 0 Å². The normalized spacial score (nSPS) is 12.0. The number of hydrogen-bond acceptors (Lipinski definition) is 0. The van der Waals surface area contributed by atoms with Crippen LogP contribution in [-0.2, 0) is 12.0 Å². The molecule has 0 atom stereocenters. The predicted molar refractivity (Wildman–Crippen MR) is 125 cm³/mol. The molecule has 4 rings (SSSR count). The molecule has 1 nitrogen and oxygen atoms in total. The van der Waals surface area contributed by atoms with E-state index in [1.165, 1.54) is 38.4 Å². The van der Waals surface area contributed by atoms with Gasteiger partial charge in [0.2, 0.25) is 5.69 Å². The van der Waals surface area contributed by atoms with Crippen LogP contribution in [0.4, 0.5) is 0 Å². The number of hydrogen-bond donors (Lipinski definition) is 0. The van der Waals surface area contributed by atoms with E-state index in [0.29, 0.717) is 0 Å². The Balaban J connectivity index is 2.14.